The largest absolute Gasteiger partial charge is 0.412 e. The molecule has 0 radical (unpaired) electrons. The molecule has 0 bridgehead atoms. The molecule has 0 spiro atoms. The Hall–Kier alpha value is -4.58. The molecule has 0 heterocycles. The predicted molar refractivity (Wildman–Crippen MR) is 207 cm³/mol. The number of ether oxygens (including phenoxy) is 2. The van der Waals surface area contributed by atoms with Gasteiger partial charge in [-0.3, -0.25) is 0 Å². The Morgan fingerprint density at radius 3 is 1.22 bits per heavy atom. The quantitative estimate of drug-likeness (QED) is 0.123. The van der Waals surface area contributed by atoms with Crippen molar-refractivity contribution in [3.63, 3.8) is 0 Å². The lowest BCUT2D eigenvalue weighted by molar-refractivity contribution is 0.199. The molecule has 2 amide bonds. The Morgan fingerprint density at radius 1 is 0.480 bits per heavy atom. The van der Waals surface area contributed by atoms with E-state index in [1.54, 1.807) is 0 Å². The van der Waals surface area contributed by atoms with Crippen molar-refractivity contribution in [2.45, 2.75) is 105 Å². The molecule has 0 saturated carbocycles. The molecule has 0 unspecified atom stereocenters. The van der Waals surface area contributed by atoms with Crippen LogP contribution in [0.5, 0.6) is 11.5 Å². The molecule has 0 aliphatic heterocycles. The third-order valence-corrected chi connectivity index (χ3v) is 9.13. The minimum atomic E-state index is -0.455. The standard InChI is InChI=1S/C44H56N2O4/c1-29(2)33-21-23-35(39(27-33)31(5)6)37-17-11-13-19-41(37)49-43(47)45-25-15-9-10-16-26-46-44(48)50-42-20-14-12-18-38(42)36-24-22-34(30(3)4)28-40(36)32(7)8/h11-14,17-24,27-32H,9-10,15-16,25-26H2,1-8H3,(H,45,47)(H,46,48). The van der Waals surface area contributed by atoms with Crippen molar-refractivity contribution in [3.05, 3.63) is 107 Å². The fraction of sp³-hybridized carbons (Fsp3) is 0.409. The summed E-state index contributed by atoms with van der Waals surface area (Å²) in [5, 5.41) is 5.79. The molecule has 2 N–H and O–H groups in total. The van der Waals surface area contributed by atoms with Crippen molar-refractivity contribution in [2.75, 3.05) is 13.1 Å². The number of hydrogen-bond acceptors (Lipinski definition) is 4. The van der Waals surface area contributed by atoms with Gasteiger partial charge in [-0.15, -0.1) is 0 Å². The summed E-state index contributed by atoms with van der Waals surface area (Å²) in [4.78, 5) is 25.5. The van der Waals surface area contributed by atoms with E-state index >= 15 is 0 Å². The maximum absolute atomic E-state index is 12.7. The van der Waals surface area contributed by atoms with Gasteiger partial charge in [-0.1, -0.05) is 141 Å². The number of nitrogens with one attached hydrogen (secondary N) is 2. The van der Waals surface area contributed by atoms with Crippen molar-refractivity contribution in [2.24, 2.45) is 0 Å². The zero-order valence-corrected chi connectivity index (χ0v) is 31.3. The summed E-state index contributed by atoms with van der Waals surface area (Å²) in [5.74, 6) is 2.65. The minimum Gasteiger partial charge on any atom is -0.410 e. The summed E-state index contributed by atoms with van der Waals surface area (Å²) >= 11 is 0. The Kier molecular flexibility index (Phi) is 14.1. The summed E-state index contributed by atoms with van der Waals surface area (Å²) in [6, 6.07) is 28.6. The predicted octanol–water partition coefficient (Wildman–Crippen LogP) is 12.0. The minimum absolute atomic E-state index is 0.333. The van der Waals surface area contributed by atoms with Crippen LogP contribution in [0.2, 0.25) is 0 Å². The van der Waals surface area contributed by atoms with Crippen LogP contribution in [0.25, 0.3) is 22.3 Å². The Balaban J connectivity index is 1.20. The number of carbonyl (C=O) groups excluding carboxylic acids is 2. The fourth-order valence-corrected chi connectivity index (χ4v) is 6.14. The van der Waals surface area contributed by atoms with Gasteiger partial charge in [-0.2, -0.15) is 0 Å². The zero-order chi connectivity index (χ0) is 36.2. The number of benzene rings is 4. The highest BCUT2D eigenvalue weighted by molar-refractivity contribution is 5.80. The van der Waals surface area contributed by atoms with E-state index in [0.29, 0.717) is 48.3 Å². The van der Waals surface area contributed by atoms with Gasteiger partial charge in [0.15, 0.2) is 0 Å². The van der Waals surface area contributed by atoms with Gasteiger partial charge in [0.1, 0.15) is 11.5 Å². The molecule has 4 rings (SSSR count). The van der Waals surface area contributed by atoms with Crippen molar-refractivity contribution in [3.8, 4) is 33.8 Å². The van der Waals surface area contributed by atoms with E-state index < -0.39 is 12.2 Å². The highest BCUT2D eigenvalue weighted by Crippen LogP contribution is 2.38. The van der Waals surface area contributed by atoms with Crippen LogP contribution >= 0.6 is 0 Å². The number of carbonyl (C=O) groups is 2. The van der Waals surface area contributed by atoms with Crippen LogP contribution in [0.4, 0.5) is 9.59 Å². The molecule has 0 saturated heterocycles. The molecule has 6 heteroatoms. The average Bonchev–Trinajstić information content (AvgIpc) is 3.09. The van der Waals surface area contributed by atoms with Gasteiger partial charge in [0, 0.05) is 24.2 Å². The van der Waals surface area contributed by atoms with Gasteiger partial charge >= 0.3 is 12.2 Å². The molecule has 0 aromatic heterocycles. The van der Waals surface area contributed by atoms with Crippen LogP contribution in [0, 0.1) is 0 Å². The van der Waals surface area contributed by atoms with E-state index in [4.69, 9.17) is 9.47 Å². The first-order chi connectivity index (χ1) is 24.0. The summed E-state index contributed by atoms with van der Waals surface area (Å²) in [7, 11) is 0. The number of hydrogen-bond donors (Lipinski definition) is 2. The molecule has 266 valence electrons. The third-order valence-electron chi connectivity index (χ3n) is 9.13. The normalized spacial score (nSPS) is 11.4. The molecule has 4 aromatic rings. The van der Waals surface area contributed by atoms with Crippen LogP contribution in [-0.2, 0) is 0 Å². The SMILES string of the molecule is CC(C)c1ccc(-c2ccccc2OC(=O)NCCCCCCNC(=O)Oc2ccccc2-c2ccc(C(C)C)cc2C(C)C)c(C(C)C)c1. The number of unbranched alkanes of at least 4 members (excludes halogenated alkanes) is 3. The molecule has 0 aliphatic carbocycles. The molecule has 0 atom stereocenters. The van der Waals surface area contributed by atoms with Gasteiger partial charge in [0.2, 0.25) is 0 Å². The van der Waals surface area contributed by atoms with Gasteiger partial charge in [-0.25, -0.2) is 9.59 Å². The molecule has 0 fully saturated rings. The van der Waals surface area contributed by atoms with Gasteiger partial charge < -0.3 is 20.1 Å². The second-order valence-electron chi connectivity index (χ2n) is 14.4. The smallest absolute Gasteiger partial charge is 0.410 e. The van der Waals surface area contributed by atoms with Crippen molar-refractivity contribution in [1.82, 2.24) is 10.6 Å². The van der Waals surface area contributed by atoms with E-state index in [1.165, 1.54) is 22.3 Å². The molecule has 0 aliphatic rings. The molecule has 4 aromatic carbocycles. The van der Waals surface area contributed by atoms with Gasteiger partial charge in [-0.05, 0) is 82.0 Å². The second-order valence-corrected chi connectivity index (χ2v) is 14.4. The zero-order valence-electron chi connectivity index (χ0n) is 31.3. The van der Waals surface area contributed by atoms with Crippen molar-refractivity contribution >= 4 is 12.2 Å². The molecule has 50 heavy (non-hydrogen) atoms. The monoisotopic (exact) mass is 676 g/mol. The molecular formula is C44H56N2O4. The van der Waals surface area contributed by atoms with Crippen LogP contribution < -0.4 is 20.1 Å². The van der Waals surface area contributed by atoms with E-state index in [1.807, 2.05) is 48.5 Å². The first kappa shape index (κ1) is 38.2. The maximum Gasteiger partial charge on any atom is 0.412 e. The fourth-order valence-electron chi connectivity index (χ4n) is 6.14. The second kappa shape index (κ2) is 18.4. The maximum atomic E-state index is 12.7. The van der Waals surface area contributed by atoms with E-state index in [0.717, 1.165) is 47.9 Å². The highest BCUT2D eigenvalue weighted by Gasteiger charge is 2.18. The topological polar surface area (TPSA) is 76.7 Å². The van der Waals surface area contributed by atoms with Crippen molar-refractivity contribution < 1.29 is 19.1 Å². The summed E-state index contributed by atoms with van der Waals surface area (Å²) in [5.41, 5.74) is 9.09. The first-order valence-electron chi connectivity index (χ1n) is 18.3. The van der Waals surface area contributed by atoms with Crippen LogP contribution in [-0.4, -0.2) is 25.3 Å². The van der Waals surface area contributed by atoms with Crippen molar-refractivity contribution in [1.29, 1.82) is 0 Å². The lowest BCUT2D eigenvalue weighted by Gasteiger charge is -2.18. The number of rotatable bonds is 15. The number of amides is 2. The van der Waals surface area contributed by atoms with Gasteiger partial charge in [0.05, 0.1) is 0 Å². The summed E-state index contributed by atoms with van der Waals surface area (Å²) in [6.45, 7) is 18.6. The van der Waals surface area contributed by atoms with E-state index in [9.17, 15) is 9.59 Å². The number of para-hydroxylation sites is 2. The lowest BCUT2D eigenvalue weighted by Crippen LogP contribution is -2.28. The van der Waals surface area contributed by atoms with Gasteiger partial charge in [0.25, 0.3) is 0 Å². The third kappa shape index (κ3) is 10.5. The first-order valence-corrected chi connectivity index (χ1v) is 18.3. The van der Waals surface area contributed by atoms with Crippen LogP contribution in [0.3, 0.4) is 0 Å². The van der Waals surface area contributed by atoms with E-state index in [-0.39, 0.29) is 0 Å². The summed E-state index contributed by atoms with van der Waals surface area (Å²) in [6.07, 6.45) is 2.56. The lowest BCUT2D eigenvalue weighted by atomic mass is 9.88. The van der Waals surface area contributed by atoms with Crippen LogP contribution in [0.1, 0.15) is 127 Å². The highest BCUT2D eigenvalue weighted by atomic mass is 16.6. The summed E-state index contributed by atoms with van der Waals surface area (Å²) < 4.78 is 11.6. The van der Waals surface area contributed by atoms with Crippen LogP contribution in [0.15, 0.2) is 84.9 Å². The van der Waals surface area contributed by atoms with E-state index in [2.05, 4.69) is 102 Å². The Labute approximate surface area is 300 Å². The average molecular weight is 677 g/mol. The Bertz CT molecular complexity index is 1600. The Morgan fingerprint density at radius 2 is 0.860 bits per heavy atom. The molecule has 6 nitrogen and oxygen atoms in total. The molecular weight excluding hydrogens is 620 g/mol.